The van der Waals surface area contributed by atoms with Gasteiger partial charge in [0.05, 0.1) is 0 Å². The highest BCUT2D eigenvalue weighted by Crippen LogP contribution is 2.27. The molecule has 1 aliphatic heterocycles. The van der Waals surface area contributed by atoms with Gasteiger partial charge in [0.25, 0.3) is 0 Å². The maximum Gasteiger partial charge on any atom is 0.0494 e. The zero-order chi connectivity index (χ0) is 9.56. The Morgan fingerprint density at radius 3 is 2.17 bits per heavy atom. The van der Waals surface area contributed by atoms with E-state index in [-0.39, 0.29) is 0 Å². The van der Waals surface area contributed by atoms with E-state index in [0.29, 0.717) is 0 Å². The Morgan fingerprint density at radius 1 is 1.25 bits per heavy atom. The first kappa shape index (κ1) is 12.0. The quantitative estimate of drug-likeness (QED) is 0.589. The van der Waals surface area contributed by atoms with Crippen molar-refractivity contribution in [2.45, 2.75) is 41.0 Å². The van der Waals surface area contributed by atoms with E-state index in [0.717, 1.165) is 31.0 Å². The second-order valence-electron chi connectivity index (χ2n) is 3.75. The summed E-state index contributed by atoms with van der Waals surface area (Å²) in [5, 5.41) is 0. The maximum atomic E-state index is 5.36. The lowest BCUT2D eigenvalue weighted by Crippen LogP contribution is -2.28. The van der Waals surface area contributed by atoms with Crippen molar-refractivity contribution in [3.8, 4) is 0 Å². The van der Waals surface area contributed by atoms with Crippen molar-refractivity contribution >= 4 is 0 Å². The van der Waals surface area contributed by atoms with Gasteiger partial charge in [0.15, 0.2) is 0 Å². The summed E-state index contributed by atoms with van der Waals surface area (Å²) in [7, 11) is 0. The van der Waals surface area contributed by atoms with Crippen molar-refractivity contribution in [2.75, 3.05) is 13.2 Å². The van der Waals surface area contributed by atoms with Crippen molar-refractivity contribution < 1.29 is 4.74 Å². The topological polar surface area (TPSA) is 9.23 Å². The monoisotopic (exact) mass is 172 g/mol. The molecule has 0 spiro atoms. The van der Waals surface area contributed by atoms with E-state index in [2.05, 4.69) is 20.8 Å². The molecule has 0 N–H and O–H groups in total. The number of hydrogen-bond donors (Lipinski definition) is 0. The van der Waals surface area contributed by atoms with Crippen LogP contribution in [0.15, 0.2) is 0 Å². The molecule has 1 heterocycles. The highest BCUT2D eigenvalue weighted by atomic mass is 16.5. The van der Waals surface area contributed by atoms with E-state index >= 15 is 0 Å². The average molecular weight is 172 g/mol. The molecule has 0 aromatic carbocycles. The van der Waals surface area contributed by atoms with Crippen LogP contribution in [0.5, 0.6) is 0 Å². The van der Waals surface area contributed by atoms with Crippen molar-refractivity contribution in [3.05, 3.63) is 0 Å². The van der Waals surface area contributed by atoms with Crippen LogP contribution in [0.2, 0.25) is 0 Å². The van der Waals surface area contributed by atoms with E-state index in [1.807, 2.05) is 13.8 Å². The summed E-state index contributed by atoms with van der Waals surface area (Å²) >= 11 is 0. The van der Waals surface area contributed by atoms with Crippen LogP contribution in [0.4, 0.5) is 0 Å². The second-order valence-corrected chi connectivity index (χ2v) is 3.75. The highest BCUT2D eigenvalue weighted by molar-refractivity contribution is 4.72. The highest BCUT2D eigenvalue weighted by Gasteiger charge is 2.23. The number of ether oxygens (including phenoxy) is 1. The fourth-order valence-corrected chi connectivity index (χ4v) is 1.89. The Bertz CT molecular complexity index is 99.2. The fraction of sp³-hybridized carbons (Fsp3) is 1.00. The molecule has 1 rings (SSSR count). The van der Waals surface area contributed by atoms with Gasteiger partial charge in [-0.15, -0.1) is 0 Å². The summed E-state index contributed by atoms with van der Waals surface area (Å²) in [6.07, 6.45) is 1.26. The lowest BCUT2D eigenvalue weighted by atomic mass is 9.81. The van der Waals surface area contributed by atoms with Crippen LogP contribution in [-0.2, 0) is 4.74 Å². The van der Waals surface area contributed by atoms with Gasteiger partial charge < -0.3 is 4.74 Å². The molecular formula is C11H24O. The summed E-state index contributed by atoms with van der Waals surface area (Å²) in [5.41, 5.74) is 0. The minimum Gasteiger partial charge on any atom is -0.381 e. The Balaban J connectivity index is 0.000000561. The van der Waals surface area contributed by atoms with Gasteiger partial charge in [0, 0.05) is 13.2 Å². The normalized spacial score (nSPS) is 29.5. The minimum atomic E-state index is 0.772. The summed E-state index contributed by atoms with van der Waals surface area (Å²) in [6.45, 7) is 12.9. The first-order valence-corrected chi connectivity index (χ1v) is 5.29. The molecule has 1 nitrogen and oxygen atoms in total. The Kier molecular flexibility index (Phi) is 6.45. The van der Waals surface area contributed by atoms with Gasteiger partial charge in [0.1, 0.15) is 0 Å². The van der Waals surface area contributed by atoms with E-state index in [9.17, 15) is 0 Å². The third-order valence-corrected chi connectivity index (χ3v) is 2.56. The number of rotatable bonds is 1. The zero-order valence-corrected chi connectivity index (χ0v) is 9.26. The van der Waals surface area contributed by atoms with Gasteiger partial charge >= 0.3 is 0 Å². The number of hydrogen-bond acceptors (Lipinski definition) is 1. The van der Waals surface area contributed by atoms with Gasteiger partial charge in [-0.3, -0.25) is 0 Å². The molecule has 0 saturated carbocycles. The zero-order valence-electron chi connectivity index (χ0n) is 9.26. The third kappa shape index (κ3) is 3.57. The van der Waals surface area contributed by atoms with Crippen LogP contribution < -0.4 is 0 Å². The molecule has 12 heavy (non-hydrogen) atoms. The first-order valence-electron chi connectivity index (χ1n) is 5.29. The minimum absolute atomic E-state index is 0.772. The van der Waals surface area contributed by atoms with Crippen LogP contribution in [0, 0.1) is 17.8 Å². The molecule has 0 aliphatic carbocycles. The van der Waals surface area contributed by atoms with Crippen LogP contribution in [0.25, 0.3) is 0 Å². The van der Waals surface area contributed by atoms with Crippen LogP contribution >= 0.6 is 0 Å². The lowest BCUT2D eigenvalue weighted by molar-refractivity contribution is 0.00874. The van der Waals surface area contributed by atoms with Gasteiger partial charge in [-0.05, 0) is 24.2 Å². The Morgan fingerprint density at radius 2 is 1.83 bits per heavy atom. The average Bonchev–Trinajstić information content (AvgIpc) is 2.08. The molecule has 2 unspecified atom stereocenters. The molecule has 1 saturated heterocycles. The van der Waals surface area contributed by atoms with E-state index in [4.69, 9.17) is 4.74 Å². The van der Waals surface area contributed by atoms with E-state index < -0.39 is 0 Å². The first-order chi connectivity index (χ1) is 5.72. The maximum absolute atomic E-state index is 5.36. The van der Waals surface area contributed by atoms with Gasteiger partial charge in [-0.2, -0.15) is 0 Å². The molecule has 0 aromatic rings. The van der Waals surface area contributed by atoms with Gasteiger partial charge in [-0.25, -0.2) is 0 Å². The Hall–Kier alpha value is -0.0400. The van der Waals surface area contributed by atoms with Crippen LogP contribution in [0.3, 0.4) is 0 Å². The SMILES string of the molecule is CC.CC(C)C1CCOCC1C. The molecular weight excluding hydrogens is 148 g/mol. The third-order valence-electron chi connectivity index (χ3n) is 2.56. The molecule has 0 radical (unpaired) electrons. The fourth-order valence-electron chi connectivity index (χ4n) is 1.89. The molecule has 0 aromatic heterocycles. The van der Waals surface area contributed by atoms with Crippen molar-refractivity contribution in [2.24, 2.45) is 17.8 Å². The second kappa shape index (κ2) is 6.47. The molecule has 1 heteroatoms. The van der Waals surface area contributed by atoms with Crippen LogP contribution in [-0.4, -0.2) is 13.2 Å². The molecule has 1 fully saturated rings. The van der Waals surface area contributed by atoms with Crippen molar-refractivity contribution in [1.29, 1.82) is 0 Å². The summed E-state index contributed by atoms with van der Waals surface area (Å²) in [5.74, 6) is 2.50. The van der Waals surface area contributed by atoms with Crippen molar-refractivity contribution in [1.82, 2.24) is 0 Å². The van der Waals surface area contributed by atoms with E-state index in [1.54, 1.807) is 0 Å². The van der Waals surface area contributed by atoms with E-state index in [1.165, 1.54) is 6.42 Å². The van der Waals surface area contributed by atoms with Gasteiger partial charge in [0.2, 0.25) is 0 Å². The smallest absolute Gasteiger partial charge is 0.0494 e. The van der Waals surface area contributed by atoms with Crippen LogP contribution in [0.1, 0.15) is 41.0 Å². The molecule has 0 bridgehead atoms. The van der Waals surface area contributed by atoms with Gasteiger partial charge in [-0.1, -0.05) is 34.6 Å². The summed E-state index contributed by atoms with van der Waals surface area (Å²) < 4.78 is 5.36. The predicted molar refractivity (Wildman–Crippen MR) is 54.3 cm³/mol. The lowest BCUT2D eigenvalue weighted by Gasteiger charge is -2.31. The standard InChI is InChI=1S/C9H18O.C2H6/c1-7(2)9-4-5-10-6-8(9)3;1-2/h7-9H,4-6H2,1-3H3;1-2H3. The van der Waals surface area contributed by atoms with Crippen molar-refractivity contribution in [3.63, 3.8) is 0 Å². The predicted octanol–water partition coefficient (Wildman–Crippen LogP) is 3.34. The largest absolute Gasteiger partial charge is 0.381 e. The molecule has 2 atom stereocenters. The summed E-state index contributed by atoms with van der Waals surface area (Å²) in [6, 6.07) is 0. The molecule has 1 aliphatic rings. The molecule has 74 valence electrons. The molecule has 0 amide bonds. The Labute approximate surface area is 77.5 Å². The summed E-state index contributed by atoms with van der Waals surface area (Å²) in [4.78, 5) is 0.